The zero-order chi connectivity index (χ0) is 21.2. The highest BCUT2D eigenvalue weighted by molar-refractivity contribution is 5.02. The van der Waals surface area contributed by atoms with E-state index < -0.39 is 0 Å². The van der Waals surface area contributed by atoms with Crippen LogP contribution in [-0.4, -0.2) is 86.9 Å². The molecule has 5 rings (SSSR count). The Kier molecular flexibility index (Phi) is 7.47. The fourth-order valence-electron chi connectivity index (χ4n) is 6.50. The summed E-state index contributed by atoms with van der Waals surface area (Å²) in [7, 11) is 2.23. The van der Waals surface area contributed by atoms with Gasteiger partial charge in [-0.2, -0.15) is 0 Å². The summed E-state index contributed by atoms with van der Waals surface area (Å²) in [5.41, 5.74) is 9.52. The topological polar surface area (TPSA) is 89.8 Å². The predicted molar refractivity (Wildman–Crippen MR) is 123 cm³/mol. The lowest BCUT2D eigenvalue weighted by atomic mass is 9.78. The van der Waals surface area contributed by atoms with Crippen LogP contribution >= 0.6 is 0 Å². The van der Waals surface area contributed by atoms with Gasteiger partial charge in [0.15, 0.2) is 0 Å². The molecule has 5 fully saturated rings. The van der Waals surface area contributed by atoms with Gasteiger partial charge in [0, 0.05) is 57.4 Å². The maximum absolute atomic E-state index is 5.78. The van der Waals surface area contributed by atoms with E-state index in [0.717, 1.165) is 57.6 Å². The van der Waals surface area contributed by atoms with Crippen LogP contribution < -0.4 is 27.1 Å². The van der Waals surface area contributed by atoms with E-state index in [0.29, 0.717) is 36.4 Å². The van der Waals surface area contributed by atoms with Crippen LogP contribution in [0.1, 0.15) is 51.4 Å². The summed E-state index contributed by atoms with van der Waals surface area (Å²) >= 11 is 0. The summed E-state index contributed by atoms with van der Waals surface area (Å²) in [6.07, 6.45) is 11.5. The minimum absolute atomic E-state index is 0.371. The standard InChI is InChI=1S/C23H45N7O/c1-29(10-9-24)15-16-3-2-4-17(13-16)21-27-22(26-18-7-11-31-12-8-18)20-14-25-30(19-5-6-19)23(20)28-21/h16-23,25-28H,2-15,24H2,1H3. The second-order valence-electron chi connectivity index (χ2n) is 10.8. The predicted octanol–water partition coefficient (Wildman–Crippen LogP) is 0.222. The Balaban J connectivity index is 1.25. The van der Waals surface area contributed by atoms with E-state index in [-0.39, 0.29) is 0 Å². The summed E-state index contributed by atoms with van der Waals surface area (Å²) in [5, 5.41) is 14.7. The van der Waals surface area contributed by atoms with Gasteiger partial charge in [0.1, 0.15) is 0 Å². The monoisotopic (exact) mass is 435 g/mol. The molecule has 31 heavy (non-hydrogen) atoms. The molecule has 0 radical (unpaired) electrons. The lowest BCUT2D eigenvalue weighted by Gasteiger charge is -2.48. The molecule has 0 bridgehead atoms. The molecule has 6 unspecified atom stereocenters. The van der Waals surface area contributed by atoms with Crippen LogP contribution in [0.3, 0.4) is 0 Å². The van der Waals surface area contributed by atoms with E-state index in [9.17, 15) is 0 Å². The van der Waals surface area contributed by atoms with Crippen molar-refractivity contribution in [2.75, 3.05) is 46.4 Å². The molecule has 5 aliphatic rings. The van der Waals surface area contributed by atoms with Gasteiger partial charge in [0.25, 0.3) is 0 Å². The zero-order valence-electron chi connectivity index (χ0n) is 19.4. The third-order valence-electron chi connectivity index (χ3n) is 8.30. The fraction of sp³-hybridized carbons (Fsp3) is 1.00. The van der Waals surface area contributed by atoms with Crippen molar-refractivity contribution in [1.29, 1.82) is 0 Å². The van der Waals surface area contributed by atoms with Crippen molar-refractivity contribution in [2.45, 2.75) is 81.9 Å². The first-order valence-corrected chi connectivity index (χ1v) is 13.0. The van der Waals surface area contributed by atoms with Gasteiger partial charge in [-0.1, -0.05) is 6.42 Å². The molecule has 2 aliphatic carbocycles. The van der Waals surface area contributed by atoms with E-state index in [2.05, 4.69) is 38.3 Å². The number of nitrogens with one attached hydrogen (secondary N) is 4. The van der Waals surface area contributed by atoms with E-state index >= 15 is 0 Å². The van der Waals surface area contributed by atoms with Crippen molar-refractivity contribution < 1.29 is 4.74 Å². The Bertz CT molecular complexity index is 570. The van der Waals surface area contributed by atoms with Crippen molar-refractivity contribution in [1.82, 2.24) is 31.3 Å². The Morgan fingerprint density at radius 1 is 1.10 bits per heavy atom. The largest absolute Gasteiger partial charge is 0.381 e. The molecule has 8 nitrogen and oxygen atoms in total. The second-order valence-corrected chi connectivity index (χ2v) is 10.8. The third-order valence-corrected chi connectivity index (χ3v) is 8.30. The van der Waals surface area contributed by atoms with Crippen molar-refractivity contribution in [3.8, 4) is 0 Å². The second kappa shape index (κ2) is 10.3. The number of hydrogen-bond donors (Lipinski definition) is 5. The van der Waals surface area contributed by atoms with Gasteiger partial charge in [-0.3, -0.25) is 21.4 Å². The zero-order valence-corrected chi connectivity index (χ0v) is 19.4. The van der Waals surface area contributed by atoms with Crippen LogP contribution in [0, 0.1) is 17.8 Å². The minimum atomic E-state index is 0.371. The maximum atomic E-state index is 5.78. The molecule has 3 heterocycles. The van der Waals surface area contributed by atoms with Gasteiger partial charge in [-0.25, -0.2) is 5.01 Å². The number of fused-ring (bicyclic) bond motifs is 1. The minimum Gasteiger partial charge on any atom is -0.381 e. The number of hydrazine groups is 1. The number of likely N-dealkylation sites (N-methyl/N-ethyl adjacent to an activating group) is 1. The quantitative estimate of drug-likeness (QED) is 0.370. The number of hydrogen-bond acceptors (Lipinski definition) is 8. The van der Waals surface area contributed by atoms with Crippen LogP contribution in [0.4, 0.5) is 0 Å². The van der Waals surface area contributed by atoms with Crippen LogP contribution in [0.25, 0.3) is 0 Å². The van der Waals surface area contributed by atoms with E-state index in [4.69, 9.17) is 10.5 Å². The molecule has 2 saturated carbocycles. The smallest absolute Gasteiger partial charge is 0.0817 e. The summed E-state index contributed by atoms with van der Waals surface area (Å²) in [6.45, 7) is 5.80. The first kappa shape index (κ1) is 22.5. The van der Waals surface area contributed by atoms with Gasteiger partial charge >= 0.3 is 0 Å². The maximum Gasteiger partial charge on any atom is 0.0817 e. The highest BCUT2D eigenvalue weighted by Gasteiger charge is 2.50. The summed E-state index contributed by atoms with van der Waals surface area (Å²) in [6, 6.07) is 1.30. The van der Waals surface area contributed by atoms with Gasteiger partial charge in [-0.05, 0) is 63.8 Å². The molecule has 0 aromatic heterocycles. The molecule has 6 atom stereocenters. The number of nitrogens with two attached hydrogens (primary N) is 1. The normalized spacial score (nSPS) is 40.4. The molecule has 8 heteroatoms. The SMILES string of the molecule is CN(CCN)CC1CCCC(C2NC(NC3CCOCC3)C3CNN(C4CC4)C3N2)C1. The molecule has 6 N–H and O–H groups in total. The van der Waals surface area contributed by atoms with Crippen molar-refractivity contribution >= 4 is 0 Å². The van der Waals surface area contributed by atoms with Gasteiger partial charge in [0.05, 0.1) is 18.5 Å². The molecule has 3 saturated heterocycles. The van der Waals surface area contributed by atoms with Crippen LogP contribution in [0.2, 0.25) is 0 Å². The van der Waals surface area contributed by atoms with Crippen molar-refractivity contribution in [3.63, 3.8) is 0 Å². The first-order valence-electron chi connectivity index (χ1n) is 13.0. The number of nitrogens with zero attached hydrogens (tertiary/aromatic N) is 2. The van der Waals surface area contributed by atoms with Crippen LogP contribution in [0.5, 0.6) is 0 Å². The average molecular weight is 436 g/mol. The number of rotatable bonds is 8. The summed E-state index contributed by atoms with van der Waals surface area (Å²) < 4.78 is 5.60. The van der Waals surface area contributed by atoms with Crippen LogP contribution in [0.15, 0.2) is 0 Å². The Morgan fingerprint density at radius 2 is 1.94 bits per heavy atom. The molecular formula is C23H45N7O. The highest BCUT2D eigenvalue weighted by Crippen LogP contribution is 2.37. The molecule has 0 amide bonds. The van der Waals surface area contributed by atoms with Gasteiger partial charge in [-0.15, -0.1) is 0 Å². The van der Waals surface area contributed by atoms with Crippen molar-refractivity contribution in [3.05, 3.63) is 0 Å². The summed E-state index contributed by atoms with van der Waals surface area (Å²) in [5.74, 6) is 2.06. The molecule has 0 aromatic carbocycles. The highest BCUT2D eigenvalue weighted by atomic mass is 16.5. The number of ether oxygens (including phenoxy) is 1. The molecule has 178 valence electrons. The third kappa shape index (κ3) is 5.44. The van der Waals surface area contributed by atoms with E-state index in [1.54, 1.807) is 0 Å². The van der Waals surface area contributed by atoms with E-state index in [1.807, 2.05) is 0 Å². The lowest BCUT2D eigenvalue weighted by Crippen LogP contribution is -2.72. The Labute approximate surface area is 188 Å². The van der Waals surface area contributed by atoms with Gasteiger partial charge in [0.2, 0.25) is 0 Å². The molecule has 0 aromatic rings. The first-order chi connectivity index (χ1) is 15.2. The molecular weight excluding hydrogens is 390 g/mol. The Hall–Kier alpha value is -0.320. The van der Waals surface area contributed by atoms with Crippen molar-refractivity contribution in [2.24, 2.45) is 23.5 Å². The average Bonchev–Trinajstić information content (AvgIpc) is 3.53. The molecule has 3 aliphatic heterocycles. The fourth-order valence-corrected chi connectivity index (χ4v) is 6.50. The van der Waals surface area contributed by atoms with Gasteiger partial charge < -0.3 is 15.4 Å². The lowest BCUT2D eigenvalue weighted by molar-refractivity contribution is 0.0193. The Morgan fingerprint density at radius 3 is 2.71 bits per heavy atom. The van der Waals surface area contributed by atoms with E-state index in [1.165, 1.54) is 45.1 Å². The van der Waals surface area contributed by atoms with Crippen LogP contribution in [-0.2, 0) is 4.74 Å². The summed E-state index contributed by atoms with van der Waals surface area (Å²) in [4.78, 5) is 2.43. The molecule has 0 spiro atoms.